The molecule has 200 valence electrons. The first-order valence-electron chi connectivity index (χ1n) is 13.8. The smallest absolute Gasteiger partial charge is 0.243 e. The van der Waals surface area contributed by atoms with E-state index in [-0.39, 0.29) is 17.9 Å². The molecule has 1 atom stereocenters. The van der Waals surface area contributed by atoms with Crippen molar-refractivity contribution in [2.24, 2.45) is 0 Å². The number of thioether (sulfide) groups is 1. The van der Waals surface area contributed by atoms with Crippen molar-refractivity contribution in [3.05, 3.63) is 107 Å². The summed E-state index contributed by atoms with van der Waals surface area (Å²) in [6.07, 6.45) is 6.06. The minimum Gasteiger partial charge on any atom is -0.352 e. The van der Waals surface area contributed by atoms with Crippen LogP contribution in [-0.2, 0) is 28.3 Å². The number of carbonyl (C=O) groups excluding carboxylic acids is 2. The highest BCUT2D eigenvalue weighted by atomic mass is 32.2. The number of carbonyl (C=O) groups is 2. The van der Waals surface area contributed by atoms with Crippen LogP contribution in [0.4, 0.5) is 0 Å². The molecule has 0 radical (unpaired) electrons. The average Bonchev–Trinajstić information content (AvgIpc) is 2.92. The van der Waals surface area contributed by atoms with Crippen LogP contribution < -0.4 is 5.32 Å². The summed E-state index contributed by atoms with van der Waals surface area (Å²) < 4.78 is 0. The highest BCUT2D eigenvalue weighted by molar-refractivity contribution is 7.99. The molecule has 1 unspecified atom stereocenters. The first kappa shape index (κ1) is 28.0. The molecule has 5 heteroatoms. The van der Waals surface area contributed by atoms with Gasteiger partial charge in [-0.15, -0.1) is 11.8 Å². The first-order valence-corrected chi connectivity index (χ1v) is 15.0. The highest BCUT2D eigenvalue weighted by Crippen LogP contribution is 2.22. The number of aryl methyl sites for hydroxylation is 2. The Morgan fingerprint density at radius 1 is 0.842 bits per heavy atom. The van der Waals surface area contributed by atoms with Crippen molar-refractivity contribution < 1.29 is 9.59 Å². The summed E-state index contributed by atoms with van der Waals surface area (Å²) in [5.41, 5.74) is 5.79. The maximum Gasteiger partial charge on any atom is 0.243 e. The Labute approximate surface area is 232 Å². The summed E-state index contributed by atoms with van der Waals surface area (Å²) in [7, 11) is 0. The van der Waals surface area contributed by atoms with Gasteiger partial charge in [0.15, 0.2) is 0 Å². The standard InChI is InChI=1S/C33H40N2O2S/c1-25-18-26(2)20-29(19-25)23-38-24-32(36)35(22-28-14-8-4-9-15-28)31(21-27-12-6-3-7-13-27)33(37)34-30-16-10-5-11-17-30/h3-4,6-9,12-15,18-20,30-31H,5,10-11,16-17,21-24H2,1-2H3,(H,34,37). The van der Waals surface area contributed by atoms with Gasteiger partial charge in [0.1, 0.15) is 6.04 Å². The van der Waals surface area contributed by atoms with Gasteiger partial charge in [-0.2, -0.15) is 0 Å². The van der Waals surface area contributed by atoms with E-state index in [2.05, 4.69) is 37.4 Å². The molecule has 38 heavy (non-hydrogen) atoms. The topological polar surface area (TPSA) is 49.4 Å². The Morgan fingerprint density at radius 2 is 1.45 bits per heavy atom. The Morgan fingerprint density at radius 3 is 2.08 bits per heavy atom. The predicted molar refractivity (Wildman–Crippen MR) is 158 cm³/mol. The molecule has 3 aromatic carbocycles. The van der Waals surface area contributed by atoms with Gasteiger partial charge in [-0.1, -0.05) is 109 Å². The van der Waals surface area contributed by atoms with E-state index in [0.717, 1.165) is 42.6 Å². The second kappa shape index (κ2) is 14.2. The molecule has 3 aromatic rings. The van der Waals surface area contributed by atoms with E-state index in [4.69, 9.17) is 0 Å². The van der Waals surface area contributed by atoms with Crippen molar-refractivity contribution in [3.8, 4) is 0 Å². The third-order valence-electron chi connectivity index (χ3n) is 7.19. The van der Waals surface area contributed by atoms with E-state index < -0.39 is 6.04 Å². The quantitative estimate of drug-likeness (QED) is 0.304. The predicted octanol–water partition coefficient (Wildman–Crippen LogP) is 6.63. The van der Waals surface area contributed by atoms with E-state index in [0.29, 0.717) is 18.7 Å². The van der Waals surface area contributed by atoms with Crippen LogP contribution in [0.5, 0.6) is 0 Å². The van der Waals surface area contributed by atoms with Gasteiger partial charge < -0.3 is 10.2 Å². The molecule has 0 aliphatic heterocycles. The molecule has 0 saturated heterocycles. The normalized spacial score (nSPS) is 14.6. The molecular weight excluding hydrogens is 488 g/mol. The molecule has 4 nitrogen and oxygen atoms in total. The van der Waals surface area contributed by atoms with Gasteiger partial charge in [0.2, 0.25) is 11.8 Å². The van der Waals surface area contributed by atoms with Gasteiger partial charge in [0.05, 0.1) is 5.75 Å². The molecule has 4 rings (SSSR count). The third-order valence-corrected chi connectivity index (χ3v) is 8.18. The number of amides is 2. The molecule has 1 saturated carbocycles. The van der Waals surface area contributed by atoms with Crippen LogP contribution in [0.1, 0.15) is 59.9 Å². The fourth-order valence-electron chi connectivity index (χ4n) is 5.37. The lowest BCUT2D eigenvalue weighted by Crippen LogP contribution is -2.53. The maximum absolute atomic E-state index is 13.8. The minimum absolute atomic E-state index is 0.00273. The molecule has 1 aliphatic rings. The molecule has 1 N–H and O–H groups in total. The van der Waals surface area contributed by atoms with Crippen LogP contribution in [0.2, 0.25) is 0 Å². The molecular formula is C33H40N2O2S. The SMILES string of the molecule is Cc1cc(C)cc(CSCC(=O)N(Cc2ccccc2)C(Cc2ccccc2)C(=O)NC2CCCCC2)c1. The number of benzene rings is 3. The molecule has 1 aliphatic carbocycles. The highest BCUT2D eigenvalue weighted by Gasteiger charge is 2.31. The van der Waals surface area contributed by atoms with Gasteiger partial charge in [0.25, 0.3) is 0 Å². The summed E-state index contributed by atoms with van der Waals surface area (Å²) >= 11 is 1.62. The third kappa shape index (κ3) is 8.49. The zero-order chi connectivity index (χ0) is 26.7. The number of hydrogen-bond donors (Lipinski definition) is 1. The number of nitrogens with one attached hydrogen (secondary N) is 1. The monoisotopic (exact) mass is 528 g/mol. The molecule has 1 fully saturated rings. The van der Waals surface area contributed by atoms with Crippen molar-refractivity contribution >= 4 is 23.6 Å². The van der Waals surface area contributed by atoms with Crippen molar-refractivity contribution in [1.82, 2.24) is 10.2 Å². The van der Waals surface area contributed by atoms with E-state index in [1.165, 1.54) is 23.1 Å². The molecule has 2 amide bonds. The molecule has 0 bridgehead atoms. The van der Waals surface area contributed by atoms with Crippen molar-refractivity contribution in [2.45, 2.75) is 76.8 Å². The second-order valence-electron chi connectivity index (χ2n) is 10.5. The van der Waals surface area contributed by atoms with E-state index in [1.54, 1.807) is 11.8 Å². The fraction of sp³-hybridized carbons (Fsp3) is 0.394. The summed E-state index contributed by atoms with van der Waals surface area (Å²) in [5.74, 6) is 1.07. The van der Waals surface area contributed by atoms with Gasteiger partial charge in [-0.05, 0) is 43.4 Å². The zero-order valence-electron chi connectivity index (χ0n) is 22.7. The van der Waals surface area contributed by atoms with Crippen LogP contribution in [-0.4, -0.2) is 34.6 Å². The maximum atomic E-state index is 13.8. The van der Waals surface area contributed by atoms with Crippen LogP contribution in [0.15, 0.2) is 78.9 Å². The van der Waals surface area contributed by atoms with Crippen LogP contribution in [0, 0.1) is 13.8 Å². The molecule has 0 heterocycles. The van der Waals surface area contributed by atoms with Gasteiger partial charge in [-0.3, -0.25) is 9.59 Å². The van der Waals surface area contributed by atoms with Gasteiger partial charge in [0, 0.05) is 24.8 Å². The van der Waals surface area contributed by atoms with Crippen molar-refractivity contribution in [3.63, 3.8) is 0 Å². The lowest BCUT2D eigenvalue weighted by atomic mass is 9.94. The Kier molecular flexibility index (Phi) is 10.5. The van der Waals surface area contributed by atoms with E-state index >= 15 is 0 Å². The molecule has 0 aromatic heterocycles. The lowest BCUT2D eigenvalue weighted by molar-refractivity contribution is -0.139. The largest absolute Gasteiger partial charge is 0.352 e. The Hall–Kier alpha value is -3.05. The second-order valence-corrected chi connectivity index (χ2v) is 11.5. The van der Waals surface area contributed by atoms with E-state index in [9.17, 15) is 9.59 Å². The minimum atomic E-state index is -0.561. The number of nitrogens with zero attached hydrogens (tertiary/aromatic N) is 1. The van der Waals surface area contributed by atoms with Crippen LogP contribution >= 0.6 is 11.8 Å². The average molecular weight is 529 g/mol. The summed E-state index contributed by atoms with van der Waals surface area (Å²) in [6, 6.07) is 26.2. The van der Waals surface area contributed by atoms with E-state index in [1.807, 2.05) is 65.6 Å². The molecule has 0 spiro atoms. The van der Waals surface area contributed by atoms with Crippen molar-refractivity contribution in [2.75, 3.05) is 5.75 Å². The van der Waals surface area contributed by atoms with Crippen LogP contribution in [0.3, 0.4) is 0 Å². The Balaban J connectivity index is 1.54. The first-order chi connectivity index (χ1) is 18.5. The number of rotatable bonds is 11. The summed E-state index contributed by atoms with van der Waals surface area (Å²) in [6.45, 7) is 4.62. The van der Waals surface area contributed by atoms with Crippen molar-refractivity contribution in [1.29, 1.82) is 0 Å². The zero-order valence-corrected chi connectivity index (χ0v) is 23.5. The fourth-order valence-corrected chi connectivity index (χ4v) is 6.21. The summed E-state index contributed by atoms with van der Waals surface area (Å²) in [4.78, 5) is 29.4. The van der Waals surface area contributed by atoms with Gasteiger partial charge >= 0.3 is 0 Å². The van der Waals surface area contributed by atoms with Crippen LogP contribution in [0.25, 0.3) is 0 Å². The number of hydrogen-bond acceptors (Lipinski definition) is 3. The summed E-state index contributed by atoms with van der Waals surface area (Å²) in [5, 5.41) is 3.32. The Bertz CT molecular complexity index is 1160. The van der Waals surface area contributed by atoms with Gasteiger partial charge in [-0.25, -0.2) is 0 Å². The lowest BCUT2D eigenvalue weighted by Gasteiger charge is -2.33.